The normalized spacial score (nSPS) is 17.2. The van der Waals surface area contributed by atoms with Crippen molar-refractivity contribution in [2.75, 3.05) is 18.0 Å². The van der Waals surface area contributed by atoms with Crippen LogP contribution in [0.2, 0.25) is 0 Å². The summed E-state index contributed by atoms with van der Waals surface area (Å²) < 4.78 is 27.5. The third kappa shape index (κ3) is 2.83. The fraction of sp³-hybridized carbons (Fsp3) is 0.389. The summed E-state index contributed by atoms with van der Waals surface area (Å²) in [5.74, 6) is -1.06. The van der Waals surface area contributed by atoms with E-state index >= 15 is 0 Å². The van der Waals surface area contributed by atoms with Crippen LogP contribution in [0.15, 0.2) is 24.4 Å². The molecular formula is C18H19F2N5. The maximum Gasteiger partial charge on any atom is 0.202 e. The highest BCUT2D eigenvalue weighted by Gasteiger charge is 2.26. The van der Waals surface area contributed by atoms with Gasteiger partial charge in [-0.05, 0) is 30.4 Å². The van der Waals surface area contributed by atoms with Gasteiger partial charge in [0.25, 0.3) is 0 Å². The molecule has 1 fully saturated rings. The molecule has 0 bridgehead atoms. The molecule has 0 saturated carbocycles. The number of hydrogen-bond donors (Lipinski definition) is 1. The van der Waals surface area contributed by atoms with Crippen LogP contribution in [0.5, 0.6) is 0 Å². The van der Waals surface area contributed by atoms with Crippen LogP contribution >= 0.6 is 0 Å². The van der Waals surface area contributed by atoms with E-state index in [1.807, 2.05) is 0 Å². The Morgan fingerprint density at radius 3 is 2.68 bits per heavy atom. The van der Waals surface area contributed by atoms with E-state index in [0.29, 0.717) is 22.3 Å². The lowest BCUT2D eigenvalue weighted by molar-refractivity contribution is 0.279. The number of anilines is 1. The number of benzene rings is 1. The number of nitrogens with one attached hydrogen (secondary N) is 1. The second-order valence-electron chi connectivity index (χ2n) is 7.25. The smallest absolute Gasteiger partial charge is 0.202 e. The summed E-state index contributed by atoms with van der Waals surface area (Å²) in [5, 5.41) is 6.88. The van der Waals surface area contributed by atoms with Gasteiger partial charge < -0.3 is 4.90 Å². The van der Waals surface area contributed by atoms with Crippen molar-refractivity contribution in [3.8, 4) is 11.3 Å². The number of fused-ring (bicyclic) bond motifs is 1. The van der Waals surface area contributed by atoms with E-state index in [-0.39, 0.29) is 5.56 Å². The van der Waals surface area contributed by atoms with E-state index in [2.05, 4.69) is 38.9 Å². The third-order valence-electron chi connectivity index (χ3n) is 4.91. The van der Waals surface area contributed by atoms with E-state index in [4.69, 9.17) is 0 Å². The van der Waals surface area contributed by atoms with E-state index in [1.165, 1.54) is 12.1 Å². The lowest BCUT2D eigenvalue weighted by atomic mass is 9.83. The summed E-state index contributed by atoms with van der Waals surface area (Å²) in [6.45, 7) is 6.38. The van der Waals surface area contributed by atoms with Gasteiger partial charge in [0.05, 0.1) is 11.9 Å². The number of aromatic amines is 1. The largest absolute Gasteiger partial charge is 0.355 e. The molecule has 0 radical (unpaired) electrons. The first kappa shape index (κ1) is 15.9. The number of H-pyrrole nitrogens is 1. The van der Waals surface area contributed by atoms with Gasteiger partial charge in [-0.2, -0.15) is 5.10 Å². The highest BCUT2D eigenvalue weighted by molar-refractivity contribution is 5.88. The molecule has 0 atom stereocenters. The van der Waals surface area contributed by atoms with E-state index in [9.17, 15) is 8.78 Å². The molecule has 0 spiro atoms. The molecule has 3 aromatic rings. The Hall–Kier alpha value is -2.57. The van der Waals surface area contributed by atoms with Gasteiger partial charge >= 0.3 is 0 Å². The third-order valence-corrected chi connectivity index (χ3v) is 4.91. The van der Waals surface area contributed by atoms with Crippen LogP contribution in [0.3, 0.4) is 0 Å². The summed E-state index contributed by atoms with van der Waals surface area (Å²) in [7, 11) is 0. The van der Waals surface area contributed by atoms with Crippen molar-refractivity contribution in [3.63, 3.8) is 0 Å². The average molecular weight is 343 g/mol. The van der Waals surface area contributed by atoms with E-state index < -0.39 is 11.6 Å². The van der Waals surface area contributed by atoms with Crippen LogP contribution in [0, 0.1) is 17.0 Å². The van der Waals surface area contributed by atoms with Crippen molar-refractivity contribution in [2.24, 2.45) is 5.41 Å². The second kappa shape index (κ2) is 5.75. The van der Waals surface area contributed by atoms with Crippen LogP contribution in [-0.2, 0) is 0 Å². The summed E-state index contributed by atoms with van der Waals surface area (Å²) in [6, 6.07) is 4.03. The van der Waals surface area contributed by atoms with Crippen LogP contribution in [0.1, 0.15) is 26.7 Å². The van der Waals surface area contributed by atoms with E-state index in [0.717, 1.165) is 37.8 Å². The van der Waals surface area contributed by atoms with Gasteiger partial charge in [-0.25, -0.2) is 18.7 Å². The summed E-state index contributed by atoms with van der Waals surface area (Å²) in [4.78, 5) is 11.2. The lowest BCUT2D eigenvalue weighted by Gasteiger charge is -2.37. The van der Waals surface area contributed by atoms with Gasteiger partial charge in [-0.3, -0.25) is 5.10 Å². The predicted octanol–water partition coefficient (Wildman–Crippen LogP) is 3.92. The van der Waals surface area contributed by atoms with Crippen molar-refractivity contribution in [3.05, 3.63) is 36.0 Å². The minimum Gasteiger partial charge on any atom is -0.355 e. The molecule has 1 saturated heterocycles. The zero-order chi connectivity index (χ0) is 17.6. The van der Waals surface area contributed by atoms with Crippen molar-refractivity contribution in [2.45, 2.75) is 26.7 Å². The Morgan fingerprint density at radius 1 is 1.16 bits per heavy atom. The molecule has 1 aliphatic heterocycles. The maximum absolute atomic E-state index is 14.1. The fourth-order valence-electron chi connectivity index (χ4n) is 3.16. The predicted molar refractivity (Wildman–Crippen MR) is 92.3 cm³/mol. The number of hydrogen-bond acceptors (Lipinski definition) is 4. The van der Waals surface area contributed by atoms with Gasteiger partial charge in [0.2, 0.25) is 5.65 Å². The molecular weight excluding hydrogens is 324 g/mol. The molecule has 1 aromatic carbocycles. The molecule has 0 amide bonds. The molecule has 2 aromatic heterocycles. The Labute approximate surface area is 144 Å². The van der Waals surface area contributed by atoms with Crippen LogP contribution in [-0.4, -0.2) is 33.3 Å². The molecule has 4 rings (SSSR count). The zero-order valence-electron chi connectivity index (χ0n) is 14.2. The van der Waals surface area contributed by atoms with Crippen molar-refractivity contribution >= 4 is 17.0 Å². The summed E-state index contributed by atoms with van der Waals surface area (Å²) in [5.41, 5.74) is 1.63. The highest BCUT2D eigenvalue weighted by atomic mass is 19.2. The number of piperidine rings is 1. The molecule has 7 heteroatoms. The van der Waals surface area contributed by atoms with Gasteiger partial charge in [-0.1, -0.05) is 19.9 Å². The first-order chi connectivity index (χ1) is 11.9. The SMILES string of the molecule is CC1(C)CCN(c2cnc3c(-c4cccc(F)c4F)[nH]nc3n2)CC1. The zero-order valence-corrected chi connectivity index (χ0v) is 14.2. The molecule has 1 N–H and O–H groups in total. The number of nitrogens with zero attached hydrogens (tertiary/aromatic N) is 4. The highest BCUT2D eigenvalue weighted by Crippen LogP contribution is 2.32. The van der Waals surface area contributed by atoms with Gasteiger partial charge in [0, 0.05) is 18.7 Å². The summed E-state index contributed by atoms with van der Waals surface area (Å²) >= 11 is 0. The molecule has 0 aliphatic carbocycles. The van der Waals surface area contributed by atoms with Crippen molar-refractivity contribution in [1.82, 2.24) is 20.2 Å². The quantitative estimate of drug-likeness (QED) is 0.766. The Bertz CT molecular complexity index is 924. The molecule has 3 heterocycles. The first-order valence-electron chi connectivity index (χ1n) is 8.35. The van der Waals surface area contributed by atoms with Gasteiger partial charge in [0.1, 0.15) is 11.3 Å². The van der Waals surface area contributed by atoms with Crippen molar-refractivity contribution in [1.29, 1.82) is 0 Å². The molecule has 25 heavy (non-hydrogen) atoms. The fourth-order valence-corrected chi connectivity index (χ4v) is 3.16. The lowest BCUT2D eigenvalue weighted by Crippen LogP contribution is -2.37. The summed E-state index contributed by atoms with van der Waals surface area (Å²) in [6.07, 6.45) is 3.86. The molecule has 130 valence electrons. The Balaban J connectivity index is 1.69. The van der Waals surface area contributed by atoms with E-state index in [1.54, 1.807) is 6.20 Å². The standard InChI is InChI=1S/C18H19F2N5/c1-18(2)6-8-25(9-7-18)13-10-21-16-15(23-24-17(16)22-13)11-4-3-5-12(19)14(11)20/h3-5,10H,6-9H2,1-2H3,(H,22,23,24). The topological polar surface area (TPSA) is 57.7 Å². The van der Waals surface area contributed by atoms with Gasteiger partial charge in [-0.15, -0.1) is 0 Å². The minimum atomic E-state index is -0.919. The van der Waals surface area contributed by atoms with Crippen molar-refractivity contribution < 1.29 is 8.78 Å². The Kier molecular flexibility index (Phi) is 3.67. The molecule has 0 unspecified atom stereocenters. The first-order valence-corrected chi connectivity index (χ1v) is 8.35. The minimum absolute atomic E-state index is 0.101. The Morgan fingerprint density at radius 2 is 1.92 bits per heavy atom. The van der Waals surface area contributed by atoms with Gasteiger partial charge in [0.15, 0.2) is 11.6 Å². The maximum atomic E-state index is 14.1. The average Bonchev–Trinajstić information content (AvgIpc) is 3.00. The molecule has 5 nitrogen and oxygen atoms in total. The number of rotatable bonds is 2. The monoisotopic (exact) mass is 343 g/mol. The second-order valence-corrected chi connectivity index (χ2v) is 7.25. The molecule has 1 aliphatic rings. The number of halogens is 2. The number of aromatic nitrogens is 4. The van der Waals surface area contributed by atoms with Crippen LogP contribution in [0.25, 0.3) is 22.4 Å². The van der Waals surface area contributed by atoms with Crippen LogP contribution < -0.4 is 4.90 Å². The van der Waals surface area contributed by atoms with Crippen LogP contribution in [0.4, 0.5) is 14.6 Å².